The molecule has 3 rings (SSSR count). The maximum atomic E-state index is 13.1. The van der Waals surface area contributed by atoms with Gasteiger partial charge in [0.2, 0.25) is 12.3 Å². The standard InChI is InChI=1S/C21H29N3O3/c1-16-7-5-6-8-17(16)21(10-12-26-20(2,3)14-21)13-19(25)24(4)11-9-18-22-15-27-23-18/h5-8,15H,9-14H2,1-4H3/t21-/m0/s1. The lowest BCUT2D eigenvalue weighted by Crippen LogP contribution is -2.47. The van der Waals surface area contributed by atoms with Crippen LogP contribution in [0.15, 0.2) is 35.2 Å². The highest BCUT2D eigenvalue weighted by atomic mass is 16.5. The van der Waals surface area contributed by atoms with Crippen molar-refractivity contribution in [1.82, 2.24) is 15.0 Å². The first kappa shape index (κ1) is 19.5. The van der Waals surface area contributed by atoms with Crippen LogP contribution >= 0.6 is 0 Å². The number of carbonyl (C=O) groups is 1. The van der Waals surface area contributed by atoms with Gasteiger partial charge in [-0.3, -0.25) is 4.79 Å². The molecular weight excluding hydrogens is 342 g/mol. The molecule has 6 nitrogen and oxygen atoms in total. The van der Waals surface area contributed by atoms with E-state index in [1.807, 2.05) is 7.05 Å². The molecule has 0 aliphatic carbocycles. The molecule has 0 N–H and O–H groups in total. The van der Waals surface area contributed by atoms with Gasteiger partial charge in [-0.05, 0) is 44.7 Å². The van der Waals surface area contributed by atoms with Gasteiger partial charge >= 0.3 is 0 Å². The molecule has 146 valence electrons. The van der Waals surface area contributed by atoms with Gasteiger partial charge in [0, 0.05) is 38.5 Å². The van der Waals surface area contributed by atoms with Gasteiger partial charge in [-0.1, -0.05) is 29.4 Å². The minimum atomic E-state index is -0.246. The summed E-state index contributed by atoms with van der Waals surface area (Å²) >= 11 is 0. The Morgan fingerprint density at radius 1 is 1.30 bits per heavy atom. The molecule has 1 aromatic carbocycles. The Balaban J connectivity index is 1.79. The van der Waals surface area contributed by atoms with E-state index in [2.05, 4.69) is 55.2 Å². The summed E-state index contributed by atoms with van der Waals surface area (Å²) in [6.45, 7) is 7.60. The summed E-state index contributed by atoms with van der Waals surface area (Å²) in [5.41, 5.74) is 2.05. The van der Waals surface area contributed by atoms with E-state index in [1.54, 1.807) is 4.90 Å². The summed E-state index contributed by atoms with van der Waals surface area (Å²) in [7, 11) is 1.85. The van der Waals surface area contributed by atoms with Crippen molar-refractivity contribution in [2.75, 3.05) is 20.2 Å². The third-order valence-corrected chi connectivity index (χ3v) is 5.55. The molecular formula is C21H29N3O3. The van der Waals surface area contributed by atoms with Gasteiger partial charge in [-0.2, -0.15) is 4.98 Å². The third-order valence-electron chi connectivity index (χ3n) is 5.55. The Kier molecular flexibility index (Phi) is 5.65. The molecule has 0 unspecified atom stereocenters. The molecule has 1 aromatic heterocycles. The van der Waals surface area contributed by atoms with Crippen LogP contribution in [-0.2, 0) is 21.4 Å². The van der Waals surface area contributed by atoms with E-state index < -0.39 is 0 Å². The molecule has 1 aliphatic heterocycles. The quantitative estimate of drug-likeness (QED) is 0.779. The number of rotatable bonds is 6. The van der Waals surface area contributed by atoms with Crippen LogP contribution in [0.3, 0.4) is 0 Å². The van der Waals surface area contributed by atoms with Crippen LogP contribution in [0.1, 0.15) is 50.1 Å². The van der Waals surface area contributed by atoms with Gasteiger partial charge in [-0.15, -0.1) is 0 Å². The van der Waals surface area contributed by atoms with Crippen molar-refractivity contribution in [2.45, 2.75) is 57.5 Å². The third kappa shape index (κ3) is 4.56. The lowest BCUT2D eigenvalue weighted by atomic mass is 9.66. The van der Waals surface area contributed by atoms with Crippen molar-refractivity contribution >= 4 is 5.91 Å². The molecule has 2 heterocycles. The number of hydrogen-bond acceptors (Lipinski definition) is 5. The van der Waals surface area contributed by atoms with E-state index in [4.69, 9.17) is 9.26 Å². The predicted molar refractivity (Wildman–Crippen MR) is 102 cm³/mol. The number of nitrogens with zero attached hydrogens (tertiary/aromatic N) is 3. The van der Waals surface area contributed by atoms with Gasteiger partial charge in [0.1, 0.15) is 0 Å². The van der Waals surface area contributed by atoms with Gasteiger partial charge in [0.05, 0.1) is 5.60 Å². The van der Waals surface area contributed by atoms with E-state index in [-0.39, 0.29) is 16.9 Å². The van der Waals surface area contributed by atoms with Crippen LogP contribution in [0.25, 0.3) is 0 Å². The molecule has 0 radical (unpaired) electrons. The summed E-state index contributed by atoms with van der Waals surface area (Å²) in [4.78, 5) is 18.9. The second-order valence-electron chi connectivity index (χ2n) is 8.22. The van der Waals surface area contributed by atoms with E-state index in [0.717, 1.165) is 12.8 Å². The summed E-state index contributed by atoms with van der Waals surface area (Å²) < 4.78 is 10.7. The zero-order valence-corrected chi connectivity index (χ0v) is 16.7. The molecule has 27 heavy (non-hydrogen) atoms. The molecule has 0 spiro atoms. The van der Waals surface area contributed by atoms with Crippen molar-refractivity contribution < 1.29 is 14.1 Å². The first-order valence-electron chi connectivity index (χ1n) is 9.51. The molecule has 1 saturated heterocycles. The average molecular weight is 371 g/mol. The largest absolute Gasteiger partial charge is 0.376 e. The first-order valence-corrected chi connectivity index (χ1v) is 9.51. The highest BCUT2D eigenvalue weighted by molar-refractivity contribution is 5.77. The summed E-state index contributed by atoms with van der Waals surface area (Å²) in [6.07, 6.45) is 4.06. The number of hydrogen-bond donors (Lipinski definition) is 0. The zero-order chi connectivity index (χ0) is 19.5. The SMILES string of the molecule is Cc1ccccc1[C@]1(CC(=O)N(C)CCc2ncon2)CCOC(C)(C)C1. The monoisotopic (exact) mass is 371 g/mol. The first-order chi connectivity index (χ1) is 12.8. The van der Waals surface area contributed by atoms with Crippen LogP contribution < -0.4 is 0 Å². The number of benzene rings is 1. The maximum absolute atomic E-state index is 13.1. The lowest BCUT2D eigenvalue weighted by Gasteiger charge is -2.46. The highest BCUT2D eigenvalue weighted by Gasteiger charge is 2.44. The van der Waals surface area contributed by atoms with E-state index >= 15 is 0 Å². The molecule has 0 bridgehead atoms. The number of ether oxygens (including phenoxy) is 1. The molecule has 1 aliphatic rings. The number of aryl methyl sites for hydroxylation is 1. The second-order valence-corrected chi connectivity index (χ2v) is 8.22. The molecule has 6 heteroatoms. The Morgan fingerprint density at radius 2 is 2.07 bits per heavy atom. The fourth-order valence-corrected chi connectivity index (χ4v) is 4.24. The Hall–Kier alpha value is -2.21. The van der Waals surface area contributed by atoms with Crippen LogP contribution in [0.4, 0.5) is 0 Å². The number of carbonyl (C=O) groups excluding carboxylic acids is 1. The number of aromatic nitrogens is 2. The Morgan fingerprint density at radius 3 is 2.74 bits per heavy atom. The van der Waals surface area contributed by atoms with Crippen molar-refractivity contribution in [3.63, 3.8) is 0 Å². The average Bonchev–Trinajstić information content (AvgIpc) is 3.12. The number of amides is 1. The van der Waals surface area contributed by atoms with Crippen LogP contribution in [0, 0.1) is 6.92 Å². The van der Waals surface area contributed by atoms with E-state index in [0.29, 0.717) is 31.8 Å². The van der Waals surface area contributed by atoms with Gasteiger partial charge in [0.25, 0.3) is 0 Å². The zero-order valence-electron chi connectivity index (χ0n) is 16.7. The minimum Gasteiger partial charge on any atom is -0.376 e. The smallest absolute Gasteiger partial charge is 0.223 e. The van der Waals surface area contributed by atoms with E-state index in [9.17, 15) is 4.79 Å². The van der Waals surface area contributed by atoms with Gasteiger partial charge in [-0.25, -0.2) is 0 Å². The van der Waals surface area contributed by atoms with Gasteiger partial charge in [0.15, 0.2) is 5.82 Å². The molecule has 1 atom stereocenters. The molecule has 0 saturated carbocycles. The predicted octanol–water partition coefficient (Wildman–Crippen LogP) is 3.30. The number of likely N-dealkylation sites (N-methyl/N-ethyl adjacent to an activating group) is 1. The van der Waals surface area contributed by atoms with Crippen molar-refractivity contribution in [3.05, 3.63) is 47.6 Å². The lowest BCUT2D eigenvalue weighted by molar-refractivity contribution is -0.135. The highest BCUT2D eigenvalue weighted by Crippen LogP contribution is 2.45. The molecule has 1 fully saturated rings. The Labute approximate surface area is 160 Å². The van der Waals surface area contributed by atoms with Crippen LogP contribution in [0.2, 0.25) is 0 Å². The van der Waals surface area contributed by atoms with Crippen molar-refractivity contribution in [3.8, 4) is 0 Å². The topological polar surface area (TPSA) is 68.5 Å². The fourth-order valence-electron chi connectivity index (χ4n) is 4.24. The van der Waals surface area contributed by atoms with Crippen molar-refractivity contribution in [1.29, 1.82) is 0 Å². The second kappa shape index (κ2) is 7.80. The minimum absolute atomic E-state index is 0.138. The molecule has 1 amide bonds. The van der Waals surface area contributed by atoms with Gasteiger partial charge < -0.3 is 14.2 Å². The Bertz CT molecular complexity index is 773. The summed E-state index contributed by atoms with van der Waals surface area (Å²) in [6, 6.07) is 8.42. The van der Waals surface area contributed by atoms with E-state index in [1.165, 1.54) is 17.5 Å². The normalized spacial score (nSPS) is 21.8. The summed E-state index contributed by atoms with van der Waals surface area (Å²) in [5, 5.41) is 3.81. The fraction of sp³-hybridized carbons (Fsp3) is 0.571. The molecule has 2 aromatic rings. The van der Waals surface area contributed by atoms with Crippen molar-refractivity contribution in [2.24, 2.45) is 0 Å². The van der Waals surface area contributed by atoms with Crippen LogP contribution in [0.5, 0.6) is 0 Å². The van der Waals surface area contributed by atoms with Crippen LogP contribution in [-0.4, -0.2) is 46.7 Å². The maximum Gasteiger partial charge on any atom is 0.223 e. The summed E-state index contributed by atoms with van der Waals surface area (Å²) in [5.74, 6) is 0.759.